The van der Waals surface area contributed by atoms with Crippen molar-refractivity contribution in [2.75, 3.05) is 11.9 Å². The molecule has 0 bridgehead atoms. The largest absolute Gasteiger partial charge is 0.452 e. The van der Waals surface area contributed by atoms with Crippen molar-refractivity contribution in [3.63, 3.8) is 0 Å². The monoisotopic (exact) mass is 365 g/mol. The van der Waals surface area contributed by atoms with Crippen molar-refractivity contribution < 1.29 is 19.1 Å². The van der Waals surface area contributed by atoms with E-state index in [0.717, 1.165) is 0 Å². The van der Waals surface area contributed by atoms with Gasteiger partial charge >= 0.3 is 5.97 Å². The molecule has 2 aromatic rings. The highest BCUT2D eigenvalue weighted by molar-refractivity contribution is 6.42. The van der Waals surface area contributed by atoms with Gasteiger partial charge in [0.15, 0.2) is 12.4 Å². The molecule has 0 aliphatic rings. The number of esters is 1. The molecule has 0 radical (unpaired) electrons. The summed E-state index contributed by atoms with van der Waals surface area (Å²) >= 11 is 11.6. The van der Waals surface area contributed by atoms with E-state index in [1.54, 1.807) is 24.3 Å². The number of hydrogen-bond donors (Lipinski definition) is 1. The van der Waals surface area contributed by atoms with Crippen molar-refractivity contribution in [2.24, 2.45) is 0 Å². The van der Waals surface area contributed by atoms with Gasteiger partial charge in [-0.25, -0.2) is 4.79 Å². The van der Waals surface area contributed by atoms with E-state index >= 15 is 0 Å². The van der Waals surface area contributed by atoms with Crippen molar-refractivity contribution in [3.05, 3.63) is 63.6 Å². The molecule has 2 rings (SSSR count). The number of amides is 1. The molecule has 1 N–H and O–H groups in total. The standard InChI is InChI=1S/C17H13Cl2NO4/c1-10(21)12-4-2-3-5-15(12)20-16(22)9-24-17(23)11-6-7-13(18)14(19)8-11/h2-8H,9H2,1H3,(H,20,22). The number of carbonyl (C=O) groups excluding carboxylic acids is 3. The number of nitrogens with one attached hydrogen (secondary N) is 1. The second-order valence-electron chi connectivity index (χ2n) is 4.85. The van der Waals surface area contributed by atoms with Crippen LogP contribution in [0.1, 0.15) is 27.6 Å². The molecule has 24 heavy (non-hydrogen) atoms. The third-order valence-electron chi connectivity index (χ3n) is 3.07. The van der Waals surface area contributed by atoms with Gasteiger partial charge in [-0.1, -0.05) is 35.3 Å². The number of para-hydroxylation sites is 1. The lowest BCUT2D eigenvalue weighted by atomic mass is 10.1. The van der Waals surface area contributed by atoms with Crippen LogP contribution >= 0.6 is 23.2 Å². The average molecular weight is 366 g/mol. The minimum Gasteiger partial charge on any atom is -0.452 e. The Morgan fingerprint density at radius 3 is 2.42 bits per heavy atom. The number of anilines is 1. The van der Waals surface area contributed by atoms with Crippen molar-refractivity contribution in [2.45, 2.75) is 6.92 Å². The summed E-state index contributed by atoms with van der Waals surface area (Å²) in [6.07, 6.45) is 0. The molecule has 0 aliphatic heterocycles. The maximum Gasteiger partial charge on any atom is 0.338 e. The van der Waals surface area contributed by atoms with Crippen LogP contribution in [0.3, 0.4) is 0 Å². The maximum atomic E-state index is 11.9. The zero-order valence-electron chi connectivity index (χ0n) is 12.6. The molecule has 5 nitrogen and oxygen atoms in total. The zero-order chi connectivity index (χ0) is 17.7. The summed E-state index contributed by atoms with van der Waals surface area (Å²) in [5, 5.41) is 3.06. The van der Waals surface area contributed by atoms with Crippen LogP contribution in [0, 0.1) is 0 Å². The molecule has 0 heterocycles. The van der Waals surface area contributed by atoms with E-state index < -0.39 is 18.5 Å². The van der Waals surface area contributed by atoms with Gasteiger partial charge in [-0.3, -0.25) is 9.59 Å². The van der Waals surface area contributed by atoms with Gasteiger partial charge in [-0.15, -0.1) is 0 Å². The van der Waals surface area contributed by atoms with Gasteiger partial charge in [0.2, 0.25) is 0 Å². The van der Waals surface area contributed by atoms with Crippen LogP contribution in [0.4, 0.5) is 5.69 Å². The number of ether oxygens (including phenoxy) is 1. The third-order valence-corrected chi connectivity index (χ3v) is 3.81. The molecule has 0 unspecified atom stereocenters. The highest BCUT2D eigenvalue weighted by Gasteiger charge is 2.14. The predicted octanol–water partition coefficient (Wildman–Crippen LogP) is 3.99. The second-order valence-corrected chi connectivity index (χ2v) is 5.67. The van der Waals surface area contributed by atoms with Gasteiger partial charge in [-0.2, -0.15) is 0 Å². The summed E-state index contributed by atoms with van der Waals surface area (Å²) in [7, 11) is 0. The minimum atomic E-state index is -0.705. The smallest absolute Gasteiger partial charge is 0.338 e. The summed E-state index contributed by atoms with van der Waals surface area (Å²) in [5.41, 5.74) is 0.920. The SMILES string of the molecule is CC(=O)c1ccccc1NC(=O)COC(=O)c1ccc(Cl)c(Cl)c1. The zero-order valence-corrected chi connectivity index (χ0v) is 14.1. The molecule has 124 valence electrons. The molecule has 0 fully saturated rings. The number of Topliss-reactive ketones (excluding diaryl/α,β-unsaturated/α-hetero) is 1. The van der Waals surface area contributed by atoms with E-state index in [9.17, 15) is 14.4 Å². The Kier molecular flexibility index (Phi) is 5.95. The van der Waals surface area contributed by atoms with Crippen LogP contribution in [-0.2, 0) is 9.53 Å². The quantitative estimate of drug-likeness (QED) is 0.642. The molecule has 7 heteroatoms. The fourth-order valence-electron chi connectivity index (χ4n) is 1.92. The molecule has 0 saturated carbocycles. The predicted molar refractivity (Wildman–Crippen MR) is 91.8 cm³/mol. The van der Waals surface area contributed by atoms with Gasteiger partial charge < -0.3 is 10.1 Å². The summed E-state index contributed by atoms with van der Waals surface area (Å²) in [6.45, 7) is 0.903. The number of carbonyl (C=O) groups is 3. The lowest BCUT2D eigenvalue weighted by Gasteiger charge is -2.09. The van der Waals surface area contributed by atoms with Crippen LogP contribution in [0.25, 0.3) is 0 Å². The number of hydrogen-bond acceptors (Lipinski definition) is 4. The second kappa shape index (κ2) is 7.95. The van der Waals surface area contributed by atoms with E-state index in [2.05, 4.69) is 5.32 Å². The van der Waals surface area contributed by atoms with E-state index in [1.165, 1.54) is 25.1 Å². The molecule has 2 aromatic carbocycles. The highest BCUT2D eigenvalue weighted by Crippen LogP contribution is 2.23. The third kappa shape index (κ3) is 4.57. The van der Waals surface area contributed by atoms with Crippen LogP contribution in [-0.4, -0.2) is 24.3 Å². The summed E-state index contributed by atoms with van der Waals surface area (Å²) in [5.74, 6) is -1.45. The van der Waals surface area contributed by atoms with E-state index in [0.29, 0.717) is 16.3 Å². The van der Waals surface area contributed by atoms with Crippen molar-refractivity contribution in [1.29, 1.82) is 0 Å². The topological polar surface area (TPSA) is 72.5 Å². The lowest BCUT2D eigenvalue weighted by Crippen LogP contribution is -2.22. The average Bonchev–Trinajstić information content (AvgIpc) is 2.55. The summed E-state index contributed by atoms with van der Waals surface area (Å²) in [6, 6.07) is 10.8. The Morgan fingerprint density at radius 1 is 1.04 bits per heavy atom. The van der Waals surface area contributed by atoms with E-state index in [-0.39, 0.29) is 16.4 Å². The summed E-state index contributed by atoms with van der Waals surface area (Å²) < 4.78 is 4.92. The van der Waals surface area contributed by atoms with Gasteiger partial charge in [-0.05, 0) is 37.3 Å². The molecule has 0 spiro atoms. The van der Waals surface area contributed by atoms with Crippen LogP contribution in [0.5, 0.6) is 0 Å². The molecule has 0 aliphatic carbocycles. The molecular weight excluding hydrogens is 353 g/mol. The highest BCUT2D eigenvalue weighted by atomic mass is 35.5. The molecule has 0 aromatic heterocycles. The lowest BCUT2D eigenvalue weighted by molar-refractivity contribution is -0.119. The minimum absolute atomic E-state index is 0.182. The van der Waals surface area contributed by atoms with Crippen LogP contribution < -0.4 is 5.32 Å². The van der Waals surface area contributed by atoms with Crippen LogP contribution in [0.15, 0.2) is 42.5 Å². The Morgan fingerprint density at radius 2 is 1.75 bits per heavy atom. The van der Waals surface area contributed by atoms with Gasteiger partial charge in [0.05, 0.1) is 21.3 Å². The van der Waals surface area contributed by atoms with Crippen LogP contribution in [0.2, 0.25) is 10.0 Å². The molecule has 0 saturated heterocycles. The first-order valence-electron chi connectivity index (χ1n) is 6.90. The van der Waals surface area contributed by atoms with Crippen molar-refractivity contribution >= 4 is 46.5 Å². The first-order valence-corrected chi connectivity index (χ1v) is 7.66. The summed E-state index contributed by atoms with van der Waals surface area (Å²) in [4.78, 5) is 35.3. The number of halogens is 2. The molecular formula is C17H13Cl2NO4. The number of rotatable bonds is 5. The van der Waals surface area contributed by atoms with E-state index in [1.807, 2.05) is 0 Å². The van der Waals surface area contributed by atoms with Crippen molar-refractivity contribution in [3.8, 4) is 0 Å². The molecule has 0 atom stereocenters. The fourth-order valence-corrected chi connectivity index (χ4v) is 2.22. The Labute approximate surface area is 148 Å². The number of benzene rings is 2. The fraction of sp³-hybridized carbons (Fsp3) is 0.118. The van der Waals surface area contributed by atoms with Gasteiger partial charge in [0.1, 0.15) is 0 Å². The molecule has 1 amide bonds. The normalized spacial score (nSPS) is 10.1. The van der Waals surface area contributed by atoms with Gasteiger partial charge in [0, 0.05) is 5.56 Å². The number of ketones is 1. The Balaban J connectivity index is 1.97. The Bertz CT molecular complexity index is 805. The first kappa shape index (κ1) is 18.0. The maximum absolute atomic E-state index is 11.9. The van der Waals surface area contributed by atoms with Gasteiger partial charge in [0.25, 0.3) is 5.91 Å². The van der Waals surface area contributed by atoms with Crippen molar-refractivity contribution in [1.82, 2.24) is 0 Å². The van der Waals surface area contributed by atoms with E-state index in [4.69, 9.17) is 27.9 Å². The Hall–Kier alpha value is -2.37. The first-order chi connectivity index (χ1) is 11.4.